The first kappa shape index (κ1) is 37.5. The van der Waals surface area contributed by atoms with Crippen LogP contribution in [-0.4, -0.2) is 48.9 Å². The van der Waals surface area contributed by atoms with Gasteiger partial charge in [-0.1, -0.05) is 58.6 Å². The summed E-state index contributed by atoms with van der Waals surface area (Å²) in [5.74, 6) is 3.55. The number of hydrogen-bond donors (Lipinski definition) is 1. The lowest BCUT2D eigenvalue weighted by molar-refractivity contribution is 0.0922. The zero-order valence-electron chi connectivity index (χ0n) is 32.8. The molecule has 53 heavy (non-hydrogen) atoms. The Morgan fingerprint density at radius 3 is 2.51 bits per heavy atom. The summed E-state index contributed by atoms with van der Waals surface area (Å²) in [6.07, 6.45) is 13.5. The van der Waals surface area contributed by atoms with Crippen LogP contribution in [0.1, 0.15) is 110 Å². The van der Waals surface area contributed by atoms with E-state index in [0.29, 0.717) is 66.1 Å². The number of benzene rings is 1. The quantitative estimate of drug-likeness (QED) is 0.229. The Bertz CT molecular complexity index is 2120. The molecule has 6 atom stereocenters. The molecule has 4 aliphatic rings. The first-order chi connectivity index (χ1) is 25.4. The van der Waals surface area contributed by atoms with Crippen LogP contribution in [0.2, 0.25) is 0 Å². The van der Waals surface area contributed by atoms with E-state index >= 15 is 0 Å². The smallest absolute Gasteiger partial charge is 0.348 e. The van der Waals surface area contributed by atoms with E-state index in [0.717, 1.165) is 36.3 Å². The monoisotopic (exact) mass is 729 g/mol. The molecule has 2 fully saturated rings. The maximum atomic E-state index is 14.4. The molecule has 288 valence electrons. The summed E-state index contributed by atoms with van der Waals surface area (Å²) in [5.41, 5.74) is 4.27. The zero-order chi connectivity index (χ0) is 37.8. The summed E-state index contributed by atoms with van der Waals surface area (Å²) in [6, 6.07) is 3.04. The Kier molecular flexibility index (Phi) is 10.4. The van der Waals surface area contributed by atoms with Crippen LogP contribution in [-0.2, 0) is 26.6 Å². The maximum absolute atomic E-state index is 14.4. The summed E-state index contributed by atoms with van der Waals surface area (Å²) in [6.45, 7) is 9.99. The fourth-order valence-corrected chi connectivity index (χ4v) is 10.7. The molecule has 1 N–H and O–H groups in total. The topological polar surface area (TPSA) is 123 Å². The molecule has 11 heteroatoms. The Balaban J connectivity index is 1.22. The third kappa shape index (κ3) is 6.65. The van der Waals surface area contributed by atoms with Crippen LogP contribution < -0.4 is 26.4 Å². The van der Waals surface area contributed by atoms with Gasteiger partial charge in [-0.25, -0.2) is 28.5 Å². The summed E-state index contributed by atoms with van der Waals surface area (Å²) in [7, 11) is 4.77. The van der Waals surface area contributed by atoms with Crippen molar-refractivity contribution in [1.82, 2.24) is 23.5 Å². The molecule has 7 rings (SSSR count). The van der Waals surface area contributed by atoms with Gasteiger partial charge in [0.25, 0.3) is 5.56 Å². The third-order valence-electron chi connectivity index (χ3n) is 13.5. The Hall–Kier alpha value is -3.86. The van der Waals surface area contributed by atoms with Gasteiger partial charge in [-0.3, -0.25) is 4.79 Å². The number of fused-ring (bicyclic) bond motifs is 3. The fraction of sp³-hybridized carbons (Fsp3) is 0.667. The van der Waals surface area contributed by atoms with E-state index in [1.54, 1.807) is 42.8 Å². The number of ether oxygens (including phenoxy) is 2. The number of aromatic nitrogens is 5. The van der Waals surface area contributed by atoms with Crippen molar-refractivity contribution in [2.75, 3.05) is 14.2 Å². The molecule has 0 bridgehead atoms. The number of allylic oxidation sites excluding steroid dienone is 3. The van der Waals surface area contributed by atoms with E-state index in [4.69, 9.17) is 9.47 Å². The van der Waals surface area contributed by atoms with E-state index in [1.165, 1.54) is 46.8 Å². The Morgan fingerprint density at radius 1 is 1.02 bits per heavy atom. The number of nitrogens with zero attached hydrogens (tertiary/aromatic N) is 5. The molecule has 3 aliphatic carbocycles. The van der Waals surface area contributed by atoms with Crippen molar-refractivity contribution in [1.29, 1.82) is 0 Å². The van der Waals surface area contributed by atoms with E-state index in [9.17, 15) is 19.5 Å². The van der Waals surface area contributed by atoms with Crippen LogP contribution >= 0.6 is 0 Å². The van der Waals surface area contributed by atoms with Crippen LogP contribution in [0.5, 0.6) is 11.5 Å². The molecule has 2 aromatic heterocycles. The van der Waals surface area contributed by atoms with Crippen molar-refractivity contribution in [3.8, 4) is 11.5 Å². The highest BCUT2D eigenvalue weighted by atomic mass is 16.5. The molecule has 2 saturated carbocycles. The highest BCUT2D eigenvalue weighted by Crippen LogP contribution is 2.60. The van der Waals surface area contributed by atoms with Gasteiger partial charge >= 0.3 is 11.4 Å². The molecule has 3 aromatic rings. The van der Waals surface area contributed by atoms with Gasteiger partial charge in [0, 0.05) is 32.1 Å². The lowest BCUT2D eigenvalue weighted by Gasteiger charge is -2.45. The molecule has 3 heterocycles. The number of methoxy groups -OCH3 is 2. The molecule has 0 saturated heterocycles. The standard InChI is InChI=1S/C42H59N5O6/c1-25(2)10-8-11-26(3)31-15-16-32-27(12-9-18-42(31,32)4)20-35-30-21-29(48)14-13-28(30)24-46-40(50)45(41(51)47(35)46)19-17-33-39(49)44(5)36-23-38(53-7)37(52-6)22-34(36)43-33/h20,22-23,25-26,29,31-32,35,48H,8-19,21,24H2,1-7H3/b27-20+/t26-,29+,31-,32+,35-,42-/m1/s1. The second-order valence-corrected chi connectivity index (χ2v) is 17.1. The summed E-state index contributed by atoms with van der Waals surface area (Å²) < 4.78 is 17.0. The van der Waals surface area contributed by atoms with Gasteiger partial charge in [0.05, 0.1) is 43.9 Å². The first-order valence-electron chi connectivity index (χ1n) is 20.0. The fourth-order valence-electron chi connectivity index (χ4n) is 10.7. The van der Waals surface area contributed by atoms with Crippen LogP contribution in [0.15, 0.2) is 49.3 Å². The summed E-state index contributed by atoms with van der Waals surface area (Å²) in [4.78, 5) is 46.7. The predicted octanol–water partition coefficient (Wildman–Crippen LogP) is 6.32. The first-order valence-corrected chi connectivity index (χ1v) is 20.0. The normalized spacial score (nSPS) is 26.9. The van der Waals surface area contributed by atoms with Crippen molar-refractivity contribution >= 4 is 11.0 Å². The number of hydrogen-bond acceptors (Lipinski definition) is 7. The average Bonchev–Trinajstić information content (AvgIpc) is 3.61. The highest BCUT2D eigenvalue weighted by molar-refractivity contribution is 5.79. The van der Waals surface area contributed by atoms with E-state index in [-0.39, 0.29) is 41.0 Å². The molecular formula is C42H59N5O6. The lowest BCUT2D eigenvalue weighted by atomic mass is 9.60. The van der Waals surface area contributed by atoms with Crippen molar-refractivity contribution in [3.63, 3.8) is 0 Å². The molecule has 0 unspecified atom stereocenters. The minimum Gasteiger partial charge on any atom is -0.493 e. The summed E-state index contributed by atoms with van der Waals surface area (Å²) in [5, 5.41) is 10.9. The molecule has 1 aliphatic heterocycles. The van der Waals surface area contributed by atoms with Crippen LogP contribution in [0.3, 0.4) is 0 Å². The maximum Gasteiger partial charge on any atom is 0.348 e. The SMILES string of the molecule is COc1cc2nc(CCn3c(=O)n4n(c3=O)[C@H](/C=C3\CCC[C@]5(C)[C@@H]([C@H](C)CCCC(C)C)CC[C@@H]35)C3=C(CC[C@H](O)C3)C4)c(=O)n(C)c2cc1OC. The number of aliphatic hydroxyl groups excluding tert-OH is 1. The molecule has 0 spiro atoms. The highest BCUT2D eigenvalue weighted by Gasteiger charge is 2.51. The van der Waals surface area contributed by atoms with Crippen molar-refractivity contribution < 1.29 is 14.6 Å². The van der Waals surface area contributed by atoms with Crippen LogP contribution in [0.25, 0.3) is 11.0 Å². The van der Waals surface area contributed by atoms with Gasteiger partial charge in [0.2, 0.25) is 0 Å². The molecule has 11 nitrogen and oxygen atoms in total. The van der Waals surface area contributed by atoms with Crippen LogP contribution in [0, 0.1) is 29.1 Å². The van der Waals surface area contributed by atoms with Gasteiger partial charge in [0.1, 0.15) is 5.69 Å². The molecule has 0 radical (unpaired) electrons. The zero-order valence-corrected chi connectivity index (χ0v) is 32.8. The van der Waals surface area contributed by atoms with E-state index in [2.05, 4.69) is 38.8 Å². The van der Waals surface area contributed by atoms with Crippen molar-refractivity contribution in [2.24, 2.45) is 36.1 Å². The van der Waals surface area contributed by atoms with Gasteiger partial charge in [-0.15, -0.1) is 0 Å². The lowest BCUT2D eigenvalue weighted by Crippen LogP contribution is -2.39. The third-order valence-corrected chi connectivity index (χ3v) is 13.5. The number of rotatable bonds is 11. The molecule has 1 aromatic carbocycles. The summed E-state index contributed by atoms with van der Waals surface area (Å²) >= 11 is 0. The Morgan fingerprint density at radius 2 is 1.77 bits per heavy atom. The Labute approximate surface area is 312 Å². The van der Waals surface area contributed by atoms with Gasteiger partial charge in [-0.05, 0) is 91.6 Å². The molecular weight excluding hydrogens is 670 g/mol. The van der Waals surface area contributed by atoms with Crippen molar-refractivity contribution in [2.45, 2.75) is 130 Å². The largest absolute Gasteiger partial charge is 0.493 e. The minimum atomic E-state index is -0.460. The predicted molar refractivity (Wildman–Crippen MR) is 207 cm³/mol. The average molecular weight is 730 g/mol. The van der Waals surface area contributed by atoms with E-state index in [1.807, 2.05) is 0 Å². The second kappa shape index (κ2) is 14.8. The number of aryl methyl sites for hydroxylation is 2. The number of aliphatic hydroxyl groups is 1. The molecule has 0 amide bonds. The second-order valence-electron chi connectivity index (χ2n) is 17.1. The van der Waals surface area contributed by atoms with Gasteiger partial charge in [0.15, 0.2) is 11.5 Å². The minimum absolute atomic E-state index is 0.0271. The van der Waals surface area contributed by atoms with Crippen molar-refractivity contribution in [3.05, 3.63) is 71.9 Å². The van der Waals surface area contributed by atoms with E-state index < -0.39 is 12.1 Å². The van der Waals surface area contributed by atoms with Gasteiger partial charge in [-0.2, -0.15) is 0 Å². The van der Waals surface area contributed by atoms with Gasteiger partial charge < -0.3 is 19.1 Å². The van der Waals surface area contributed by atoms with Crippen LogP contribution in [0.4, 0.5) is 0 Å².